The first-order chi connectivity index (χ1) is 17.3. The molecule has 7 heteroatoms. The zero-order valence-corrected chi connectivity index (χ0v) is 23.3. The highest BCUT2D eigenvalue weighted by molar-refractivity contribution is 5.86. The lowest BCUT2D eigenvalue weighted by molar-refractivity contribution is -0.217. The van der Waals surface area contributed by atoms with Crippen LogP contribution in [0.3, 0.4) is 0 Å². The molecule has 1 heterocycles. The van der Waals surface area contributed by atoms with Crippen molar-refractivity contribution in [3.8, 4) is 0 Å². The van der Waals surface area contributed by atoms with Gasteiger partial charge in [-0.05, 0) is 38.0 Å². The largest absolute Gasteiger partial charge is 0.461 e. The van der Waals surface area contributed by atoms with Gasteiger partial charge >= 0.3 is 11.9 Å². The van der Waals surface area contributed by atoms with Crippen LogP contribution in [-0.4, -0.2) is 42.3 Å². The lowest BCUT2D eigenvalue weighted by atomic mass is 9.83. The molecule has 1 saturated heterocycles. The van der Waals surface area contributed by atoms with E-state index in [4.69, 9.17) is 9.47 Å². The number of carbonyl (C=O) groups is 3. The van der Waals surface area contributed by atoms with Crippen LogP contribution in [0.5, 0.6) is 0 Å². The van der Waals surface area contributed by atoms with Gasteiger partial charge in [0, 0.05) is 6.42 Å². The minimum atomic E-state index is -1.99. The van der Waals surface area contributed by atoms with Gasteiger partial charge in [0.25, 0.3) is 0 Å². The van der Waals surface area contributed by atoms with Crippen molar-refractivity contribution in [3.05, 3.63) is 0 Å². The zero-order chi connectivity index (χ0) is 26.8. The molecule has 0 aromatic rings. The minimum Gasteiger partial charge on any atom is -0.461 e. The van der Waals surface area contributed by atoms with Crippen LogP contribution >= 0.6 is 0 Å². The van der Waals surface area contributed by atoms with Crippen molar-refractivity contribution in [2.75, 3.05) is 0 Å². The molecule has 1 aliphatic rings. The van der Waals surface area contributed by atoms with Crippen LogP contribution in [0.2, 0.25) is 0 Å². The van der Waals surface area contributed by atoms with Crippen LogP contribution in [0.25, 0.3) is 0 Å². The number of cyclic esters (lactones) is 1. The molecule has 6 nitrogen and oxygen atoms in total. The third-order valence-electron chi connectivity index (χ3n) is 7.14. The van der Waals surface area contributed by atoms with Crippen LogP contribution in [0, 0.1) is 5.92 Å². The SMILES string of the molecule is CCCCCCCCCCCC(CC1OC(=O)C1(F)CCCCCC)OC(=O)[C@H](CC(C)C)NC=O. The molecule has 4 atom stereocenters. The summed E-state index contributed by atoms with van der Waals surface area (Å²) in [6, 6.07) is -0.735. The van der Waals surface area contributed by atoms with Gasteiger partial charge in [-0.3, -0.25) is 4.79 Å². The van der Waals surface area contributed by atoms with Crippen LogP contribution in [0.1, 0.15) is 137 Å². The Balaban J connectivity index is 2.67. The fourth-order valence-electron chi connectivity index (χ4n) is 4.88. The number of alkyl halides is 1. The maximum absolute atomic E-state index is 15.5. The van der Waals surface area contributed by atoms with Crippen LogP contribution < -0.4 is 5.32 Å². The van der Waals surface area contributed by atoms with Gasteiger partial charge in [0.2, 0.25) is 12.1 Å². The van der Waals surface area contributed by atoms with E-state index in [-0.39, 0.29) is 18.8 Å². The predicted octanol–water partition coefficient (Wildman–Crippen LogP) is 6.97. The molecule has 0 spiro atoms. The highest BCUT2D eigenvalue weighted by Gasteiger charge is 2.59. The molecule has 0 bridgehead atoms. The molecular formula is C29H52FNO5. The van der Waals surface area contributed by atoms with Crippen LogP contribution in [0.15, 0.2) is 0 Å². The van der Waals surface area contributed by atoms with Crippen molar-refractivity contribution >= 4 is 18.3 Å². The van der Waals surface area contributed by atoms with Crippen molar-refractivity contribution in [2.24, 2.45) is 5.92 Å². The maximum Gasteiger partial charge on any atom is 0.348 e. The van der Waals surface area contributed by atoms with Gasteiger partial charge in [-0.2, -0.15) is 0 Å². The molecule has 1 fully saturated rings. The summed E-state index contributed by atoms with van der Waals surface area (Å²) in [5, 5.41) is 2.55. The smallest absolute Gasteiger partial charge is 0.348 e. The van der Waals surface area contributed by atoms with Crippen molar-refractivity contribution in [3.63, 3.8) is 0 Å². The monoisotopic (exact) mass is 513 g/mol. The number of nitrogens with one attached hydrogen (secondary N) is 1. The van der Waals surface area contributed by atoms with Gasteiger partial charge in [-0.1, -0.05) is 98.3 Å². The molecule has 0 aromatic heterocycles. The molecule has 0 saturated carbocycles. The first kappa shape index (κ1) is 32.4. The first-order valence-corrected chi connectivity index (χ1v) is 14.6. The van der Waals surface area contributed by atoms with E-state index in [1.165, 1.54) is 38.5 Å². The molecule has 3 unspecified atom stereocenters. The number of carbonyl (C=O) groups excluding carboxylic acids is 3. The molecule has 1 amide bonds. The Morgan fingerprint density at radius 3 is 2.08 bits per heavy atom. The second kappa shape index (κ2) is 18.6. The molecule has 36 heavy (non-hydrogen) atoms. The normalized spacial score (nSPS) is 20.9. The van der Waals surface area contributed by atoms with Gasteiger partial charge in [0.05, 0.1) is 0 Å². The van der Waals surface area contributed by atoms with Gasteiger partial charge in [-0.25, -0.2) is 14.0 Å². The summed E-state index contributed by atoms with van der Waals surface area (Å²) in [4.78, 5) is 35.9. The number of halogens is 1. The molecule has 1 N–H and O–H groups in total. The Bertz CT molecular complexity index is 629. The standard InChI is InChI=1S/C29H52FNO5/c1-5-7-9-11-12-13-14-15-16-18-24(35-27(33)25(31-22-32)20-23(3)4)21-26-29(30,28(34)36-26)19-17-10-8-6-2/h22-26H,5-21H2,1-4H3,(H,31,32)/t24?,25-,26?,29?/m0/s1. The van der Waals surface area contributed by atoms with E-state index in [2.05, 4.69) is 19.2 Å². The third kappa shape index (κ3) is 12.1. The van der Waals surface area contributed by atoms with Crippen molar-refractivity contribution < 1.29 is 28.2 Å². The molecule has 210 valence electrons. The maximum atomic E-state index is 15.5. The highest BCUT2D eigenvalue weighted by atomic mass is 19.1. The second-order valence-corrected chi connectivity index (χ2v) is 10.9. The molecule has 0 radical (unpaired) electrons. The minimum absolute atomic E-state index is 0.151. The fraction of sp³-hybridized carbons (Fsp3) is 0.897. The van der Waals surface area contributed by atoms with E-state index in [1.54, 1.807) is 0 Å². The summed E-state index contributed by atoms with van der Waals surface area (Å²) in [6.45, 7) is 8.24. The number of hydrogen-bond acceptors (Lipinski definition) is 5. The molecule has 0 aliphatic carbocycles. The Morgan fingerprint density at radius 1 is 1.00 bits per heavy atom. The van der Waals surface area contributed by atoms with Crippen LogP contribution in [0.4, 0.5) is 4.39 Å². The molecular weight excluding hydrogens is 461 g/mol. The first-order valence-electron chi connectivity index (χ1n) is 14.6. The summed E-state index contributed by atoms with van der Waals surface area (Å²) in [6.07, 6.45) is 14.6. The predicted molar refractivity (Wildman–Crippen MR) is 141 cm³/mol. The van der Waals surface area contributed by atoms with Crippen LogP contribution in [-0.2, 0) is 23.9 Å². The average molecular weight is 514 g/mol. The fourth-order valence-corrected chi connectivity index (χ4v) is 4.88. The highest BCUT2D eigenvalue weighted by Crippen LogP contribution is 2.40. The summed E-state index contributed by atoms with van der Waals surface area (Å²) in [7, 11) is 0. The summed E-state index contributed by atoms with van der Waals surface area (Å²) >= 11 is 0. The Kier molecular flexibility index (Phi) is 16.7. The molecule has 0 aromatic carbocycles. The van der Waals surface area contributed by atoms with E-state index < -0.39 is 35.9 Å². The van der Waals surface area contributed by atoms with E-state index >= 15 is 4.39 Å². The number of esters is 2. The Labute approximate surface area is 218 Å². The number of amides is 1. The lowest BCUT2D eigenvalue weighted by Crippen LogP contribution is -2.60. The summed E-state index contributed by atoms with van der Waals surface area (Å²) in [5.74, 6) is -1.10. The van der Waals surface area contributed by atoms with Gasteiger partial charge in [-0.15, -0.1) is 0 Å². The van der Waals surface area contributed by atoms with Crippen molar-refractivity contribution in [1.82, 2.24) is 5.32 Å². The second-order valence-electron chi connectivity index (χ2n) is 10.9. The number of rotatable bonds is 23. The topological polar surface area (TPSA) is 81.7 Å². The Morgan fingerprint density at radius 2 is 1.56 bits per heavy atom. The average Bonchev–Trinajstić information content (AvgIpc) is 2.84. The summed E-state index contributed by atoms with van der Waals surface area (Å²) in [5.41, 5.74) is -1.99. The number of hydrogen-bond donors (Lipinski definition) is 1. The Hall–Kier alpha value is -1.66. The molecule has 1 aliphatic heterocycles. The van der Waals surface area contributed by atoms with E-state index in [0.29, 0.717) is 25.7 Å². The van der Waals surface area contributed by atoms with E-state index in [9.17, 15) is 14.4 Å². The van der Waals surface area contributed by atoms with E-state index in [1.807, 2.05) is 13.8 Å². The van der Waals surface area contributed by atoms with Crippen molar-refractivity contribution in [1.29, 1.82) is 0 Å². The van der Waals surface area contributed by atoms with Gasteiger partial charge < -0.3 is 14.8 Å². The van der Waals surface area contributed by atoms with E-state index in [0.717, 1.165) is 38.5 Å². The zero-order valence-electron chi connectivity index (χ0n) is 23.3. The van der Waals surface area contributed by atoms with Crippen molar-refractivity contribution in [2.45, 2.75) is 161 Å². The number of ether oxygens (including phenoxy) is 2. The third-order valence-corrected chi connectivity index (χ3v) is 7.14. The quantitative estimate of drug-likeness (QED) is 0.0906. The molecule has 1 rings (SSSR count). The lowest BCUT2D eigenvalue weighted by Gasteiger charge is -2.42. The number of unbranched alkanes of at least 4 members (excludes halogenated alkanes) is 11. The van der Waals surface area contributed by atoms with Gasteiger partial charge in [0.15, 0.2) is 6.10 Å². The summed E-state index contributed by atoms with van der Waals surface area (Å²) < 4.78 is 26.5. The van der Waals surface area contributed by atoms with Gasteiger partial charge in [0.1, 0.15) is 12.1 Å².